The molecule has 2 aromatic rings. The predicted molar refractivity (Wildman–Crippen MR) is 95.7 cm³/mol. The van der Waals surface area contributed by atoms with E-state index in [1.807, 2.05) is 18.2 Å². The zero-order valence-corrected chi connectivity index (χ0v) is 14.7. The summed E-state index contributed by atoms with van der Waals surface area (Å²) >= 11 is 6.14. The quantitative estimate of drug-likeness (QED) is 0.929. The van der Waals surface area contributed by atoms with Crippen molar-refractivity contribution in [3.63, 3.8) is 0 Å². The van der Waals surface area contributed by atoms with Crippen LogP contribution >= 0.6 is 11.6 Å². The lowest BCUT2D eigenvalue weighted by Gasteiger charge is -2.40. The van der Waals surface area contributed by atoms with E-state index in [0.29, 0.717) is 5.69 Å². The van der Waals surface area contributed by atoms with Crippen LogP contribution in [0.3, 0.4) is 0 Å². The zero-order chi connectivity index (χ0) is 17.2. The van der Waals surface area contributed by atoms with E-state index in [1.165, 1.54) is 5.56 Å². The maximum absolute atomic E-state index is 11.5. The number of anilines is 1. The van der Waals surface area contributed by atoms with Gasteiger partial charge in [0, 0.05) is 25.2 Å². The Morgan fingerprint density at radius 1 is 1.21 bits per heavy atom. The number of halogens is 1. The number of benzene rings is 1. The molecule has 1 aromatic heterocycles. The minimum Gasteiger partial charge on any atom is -0.355 e. The molecule has 0 unspecified atom stereocenters. The number of nitrogens with one attached hydrogen (secondary N) is 1. The van der Waals surface area contributed by atoms with Gasteiger partial charge < -0.3 is 10.2 Å². The summed E-state index contributed by atoms with van der Waals surface area (Å²) in [6, 6.07) is 11.7. The molecule has 24 heavy (non-hydrogen) atoms. The normalized spacial score (nSPS) is 16.7. The first-order chi connectivity index (χ1) is 11.5. The molecule has 1 saturated heterocycles. The summed E-state index contributed by atoms with van der Waals surface area (Å²) in [6.45, 7) is 4.09. The van der Waals surface area contributed by atoms with E-state index in [9.17, 15) is 4.79 Å². The smallest absolute Gasteiger partial charge is 0.271 e. The number of aromatic nitrogens is 2. The van der Waals surface area contributed by atoms with E-state index in [0.717, 1.165) is 36.8 Å². The minimum absolute atomic E-state index is 0.122. The van der Waals surface area contributed by atoms with Gasteiger partial charge in [0.1, 0.15) is 0 Å². The molecule has 0 aliphatic carbocycles. The third kappa shape index (κ3) is 3.36. The van der Waals surface area contributed by atoms with Crippen molar-refractivity contribution in [3.8, 4) is 0 Å². The SMILES string of the molecule is CNC(=O)c1ccc(N2CCC(C)(c3cccc(Cl)c3)CC2)nn1. The Morgan fingerprint density at radius 2 is 1.96 bits per heavy atom. The lowest BCUT2D eigenvalue weighted by Crippen LogP contribution is -2.41. The van der Waals surface area contributed by atoms with Crippen molar-refractivity contribution in [2.75, 3.05) is 25.0 Å². The molecular weight excluding hydrogens is 324 g/mol. The molecule has 2 heterocycles. The highest BCUT2D eigenvalue weighted by molar-refractivity contribution is 6.30. The molecule has 1 aliphatic rings. The topological polar surface area (TPSA) is 58.1 Å². The average Bonchev–Trinajstić information content (AvgIpc) is 2.62. The molecule has 6 heteroatoms. The second-order valence-electron chi connectivity index (χ2n) is 6.41. The molecule has 1 aliphatic heterocycles. The van der Waals surface area contributed by atoms with Crippen LogP contribution in [0.4, 0.5) is 5.82 Å². The molecular formula is C18H21ClN4O. The van der Waals surface area contributed by atoms with Crippen LogP contribution in [-0.2, 0) is 5.41 Å². The van der Waals surface area contributed by atoms with Gasteiger partial charge in [-0.25, -0.2) is 0 Å². The van der Waals surface area contributed by atoms with Crippen molar-refractivity contribution in [1.82, 2.24) is 15.5 Å². The molecule has 0 atom stereocenters. The molecule has 1 N–H and O–H groups in total. The van der Waals surface area contributed by atoms with Crippen molar-refractivity contribution in [2.45, 2.75) is 25.2 Å². The first-order valence-corrected chi connectivity index (χ1v) is 8.46. The van der Waals surface area contributed by atoms with Gasteiger partial charge in [-0.05, 0) is 48.1 Å². The van der Waals surface area contributed by atoms with Crippen LogP contribution in [0, 0.1) is 0 Å². The maximum atomic E-state index is 11.5. The van der Waals surface area contributed by atoms with E-state index < -0.39 is 0 Å². The molecule has 1 amide bonds. The van der Waals surface area contributed by atoms with Gasteiger partial charge in [-0.15, -0.1) is 10.2 Å². The van der Waals surface area contributed by atoms with Gasteiger partial charge in [0.05, 0.1) is 0 Å². The first kappa shape index (κ1) is 16.7. The standard InChI is InChI=1S/C18H21ClN4O/c1-18(13-4-3-5-14(19)12-13)8-10-23(11-9-18)16-7-6-15(21-22-16)17(24)20-2/h3-7,12H,8-11H2,1-2H3,(H,20,24). The van der Waals surface area contributed by atoms with Gasteiger partial charge in [0.15, 0.2) is 11.5 Å². The Hall–Kier alpha value is -2.14. The number of hydrogen-bond acceptors (Lipinski definition) is 4. The van der Waals surface area contributed by atoms with Crippen molar-refractivity contribution in [2.24, 2.45) is 0 Å². The number of amides is 1. The molecule has 5 nitrogen and oxygen atoms in total. The van der Waals surface area contributed by atoms with Crippen molar-refractivity contribution in [3.05, 3.63) is 52.7 Å². The fourth-order valence-electron chi connectivity index (χ4n) is 3.12. The average molecular weight is 345 g/mol. The molecule has 0 saturated carbocycles. The summed E-state index contributed by atoms with van der Waals surface area (Å²) in [7, 11) is 1.58. The molecule has 3 rings (SSSR count). The van der Waals surface area contributed by atoms with Crippen LogP contribution in [-0.4, -0.2) is 36.2 Å². The summed E-state index contributed by atoms with van der Waals surface area (Å²) in [5.41, 5.74) is 1.74. The Balaban J connectivity index is 1.69. The summed E-state index contributed by atoms with van der Waals surface area (Å²) < 4.78 is 0. The highest BCUT2D eigenvalue weighted by atomic mass is 35.5. The maximum Gasteiger partial charge on any atom is 0.271 e. The highest BCUT2D eigenvalue weighted by Crippen LogP contribution is 2.36. The Labute approximate surface area is 147 Å². The van der Waals surface area contributed by atoms with E-state index in [4.69, 9.17) is 11.6 Å². The fraction of sp³-hybridized carbons (Fsp3) is 0.389. The van der Waals surface area contributed by atoms with Gasteiger partial charge >= 0.3 is 0 Å². The van der Waals surface area contributed by atoms with Crippen LogP contribution in [0.25, 0.3) is 0 Å². The van der Waals surface area contributed by atoms with Crippen LogP contribution in [0.1, 0.15) is 35.8 Å². The Bertz CT molecular complexity index is 724. The monoisotopic (exact) mass is 344 g/mol. The third-order valence-corrected chi connectivity index (χ3v) is 5.06. The molecule has 126 valence electrons. The van der Waals surface area contributed by atoms with E-state index in [-0.39, 0.29) is 11.3 Å². The second-order valence-corrected chi connectivity index (χ2v) is 6.85. The lowest BCUT2D eigenvalue weighted by atomic mass is 9.74. The molecule has 0 radical (unpaired) electrons. The van der Waals surface area contributed by atoms with Gasteiger partial charge in [0.2, 0.25) is 0 Å². The predicted octanol–water partition coefficient (Wildman–Crippen LogP) is 3.05. The van der Waals surface area contributed by atoms with Crippen LogP contribution in [0.2, 0.25) is 5.02 Å². The van der Waals surface area contributed by atoms with Crippen LogP contribution in [0.5, 0.6) is 0 Å². The van der Waals surface area contributed by atoms with Crippen LogP contribution < -0.4 is 10.2 Å². The number of rotatable bonds is 3. The zero-order valence-electron chi connectivity index (χ0n) is 13.9. The highest BCUT2D eigenvalue weighted by Gasteiger charge is 2.32. The van der Waals surface area contributed by atoms with Gasteiger partial charge in [0.25, 0.3) is 5.91 Å². The van der Waals surface area contributed by atoms with Gasteiger partial charge in [-0.3, -0.25) is 4.79 Å². The second kappa shape index (κ2) is 6.77. The Morgan fingerprint density at radius 3 is 2.54 bits per heavy atom. The molecule has 0 bridgehead atoms. The van der Waals surface area contributed by atoms with E-state index in [1.54, 1.807) is 13.1 Å². The lowest BCUT2D eigenvalue weighted by molar-refractivity contribution is 0.0957. The van der Waals surface area contributed by atoms with Crippen molar-refractivity contribution in [1.29, 1.82) is 0 Å². The van der Waals surface area contributed by atoms with Crippen molar-refractivity contribution < 1.29 is 4.79 Å². The minimum atomic E-state index is -0.221. The van der Waals surface area contributed by atoms with E-state index >= 15 is 0 Å². The third-order valence-electron chi connectivity index (χ3n) is 4.82. The summed E-state index contributed by atoms with van der Waals surface area (Å²) in [5.74, 6) is 0.594. The van der Waals surface area contributed by atoms with Crippen molar-refractivity contribution >= 4 is 23.3 Å². The molecule has 1 aromatic carbocycles. The summed E-state index contributed by atoms with van der Waals surface area (Å²) in [4.78, 5) is 13.7. The summed E-state index contributed by atoms with van der Waals surface area (Å²) in [5, 5.41) is 11.5. The number of carbonyl (C=O) groups is 1. The number of piperidine rings is 1. The number of nitrogens with zero attached hydrogens (tertiary/aromatic N) is 3. The molecule has 0 spiro atoms. The summed E-state index contributed by atoms with van der Waals surface area (Å²) in [6.07, 6.45) is 2.04. The first-order valence-electron chi connectivity index (χ1n) is 8.09. The number of carbonyl (C=O) groups excluding carboxylic acids is 1. The Kier molecular flexibility index (Phi) is 4.71. The number of hydrogen-bond donors (Lipinski definition) is 1. The van der Waals surface area contributed by atoms with Gasteiger partial charge in [-0.2, -0.15) is 0 Å². The largest absolute Gasteiger partial charge is 0.355 e. The van der Waals surface area contributed by atoms with Crippen LogP contribution in [0.15, 0.2) is 36.4 Å². The van der Waals surface area contributed by atoms with Gasteiger partial charge in [-0.1, -0.05) is 30.7 Å². The fourth-order valence-corrected chi connectivity index (χ4v) is 3.32. The molecule has 1 fully saturated rings. The van der Waals surface area contributed by atoms with E-state index in [2.05, 4.69) is 39.5 Å².